The second kappa shape index (κ2) is 7.33. The van der Waals surface area contributed by atoms with Crippen LogP contribution in [0.5, 0.6) is 23.0 Å². The van der Waals surface area contributed by atoms with Crippen LogP contribution in [0.2, 0.25) is 0 Å². The Morgan fingerprint density at radius 2 is 1.75 bits per heavy atom. The van der Waals surface area contributed by atoms with Crippen LogP contribution in [0.1, 0.15) is 5.56 Å². The largest absolute Gasteiger partial charge is 0.497 e. The minimum absolute atomic E-state index is 0.00211. The van der Waals surface area contributed by atoms with E-state index in [-0.39, 0.29) is 29.3 Å². The van der Waals surface area contributed by atoms with Gasteiger partial charge < -0.3 is 23.5 Å². The number of pyridine rings is 1. The van der Waals surface area contributed by atoms with Crippen molar-refractivity contribution < 1.29 is 36.6 Å². The molecule has 0 unspecified atom stereocenters. The van der Waals surface area contributed by atoms with Crippen molar-refractivity contribution in [1.82, 2.24) is 10.1 Å². The molecule has 4 aromatic rings. The molecule has 0 N–H and O–H groups in total. The van der Waals surface area contributed by atoms with Crippen molar-refractivity contribution in [2.45, 2.75) is 6.18 Å². The molecule has 1 aliphatic rings. The van der Waals surface area contributed by atoms with Crippen LogP contribution in [0, 0.1) is 0 Å². The van der Waals surface area contributed by atoms with Crippen LogP contribution in [0.15, 0.2) is 47.0 Å². The van der Waals surface area contributed by atoms with Crippen LogP contribution in [0.4, 0.5) is 13.2 Å². The molecule has 0 radical (unpaired) electrons. The first-order chi connectivity index (χ1) is 15.4. The first-order valence-electron chi connectivity index (χ1n) is 9.39. The van der Waals surface area contributed by atoms with E-state index in [0.29, 0.717) is 34.1 Å². The van der Waals surface area contributed by atoms with Crippen LogP contribution in [0.3, 0.4) is 0 Å². The fourth-order valence-electron chi connectivity index (χ4n) is 3.57. The number of methoxy groups -OCH3 is 2. The Morgan fingerprint density at radius 1 is 0.938 bits per heavy atom. The number of rotatable bonds is 4. The van der Waals surface area contributed by atoms with Gasteiger partial charge in [0, 0.05) is 11.1 Å². The van der Waals surface area contributed by atoms with Crippen LogP contribution in [0.25, 0.3) is 33.6 Å². The molecule has 2 aromatic heterocycles. The van der Waals surface area contributed by atoms with E-state index >= 15 is 0 Å². The van der Waals surface area contributed by atoms with Crippen molar-refractivity contribution >= 4 is 11.1 Å². The number of aromatic nitrogens is 2. The smallest absolute Gasteiger partial charge is 0.417 e. The standard InChI is InChI=1S/C22H15F3N2O5/c1-28-12-4-6-16(29-2)13(8-12)15-9-14(22(23,24)25)19-20(27-32-21(19)26-15)11-3-5-17-18(7-11)31-10-30-17/h3-9H,10H2,1-2H3. The summed E-state index contributed by atoms with van der Waals surface area (Å²) in [6.45, 7) is 0.0411. The van der Waals surface area contributed by atoms with Gasteiger partial charge in [-0.3, -0.25) is 0 Å². The van der Waals surface area contributed by atoms with E-state index in [4.69, 9.17) is 23.5 Å². The highest BCUT2D eigenvalue weighted by Gasteiger charge is 2.37. The summed E-state index contributed by atoms with van der Waals surface area (Å²) in [6.07, 6.45) is -4.70. The Bertz CT molecular complexity index is 1330. The van der Waals surface area contributed by atoms with Crippen molar-refractivity contribution in [2.24, 2.45) is 0 Å². The van der Waals surface area contributed by atoms with E-state index < -0.39 is 11.7 Å². The average Bonchev–Trinajstić information content (AvgIpc) is 3.43. The van der Waals surface area contributed by atoms with Crippen molar-refractivity contribution in [1.29, 1.82) is 0 Å². The monoisotopic (exact) mass is 444 g/mol. The highest BCUT2D eigenvalue weighted by molar-refractivity contribution is 5.94. The maximum Gasteiger partial charge on any atom is 0.417 e. The summed E-state index contributed by atoms with van der Waals surface area (Å²) >= 11 is 0. The molecule has 0 saturated heterocycles. The molecule has 0 spiro atoms. The Kier molecular flexibility index (Phi) is 4.58. The molecular weight excluding hydrogens is 429 g/mol. The zero-order valence-corrected chi connectivity index (χ0v) is 16.8. The Morgan fingerprint density at radius 3 is 2.50 bits per heavy atom. The molecule has 10 heteroatoms. The van der Waals surface area contributed by atoms with E-state index in [2.05, 4.69) is 10.1 Å². The van der Waals surface area contributed by atoms with E-state index in [1.54, 1.807) is 36.4 Å². The number of benzene rings is 2. The first-order valence-corrected chi connectivity index (χ1v) is 9.39. The summed E-state index contributed by atoms with van der Waals surface area (Å²) in [5.74, 6) is 1.69. The van der Waals surface area contributed by atoms with Gasteiger partial charge in [0.15, 0.2) is 11.5 Å². The summed E-state index contributed by atoms with van der Waals surface area (Å²) < 4.78 is 68.7. The Hall–Kier alpha value is -3.95. The van der Waals surface area contributed by atoms with Gasteiger partial charge in [0.2, 0.25) is 6.79 Å². The second-order valence-corrected chi connectivity index (χ2v) is 6.90. The lowest BCUT2D eigenvalue weighted by Crippen LogP contribution is -2.07. The van der Waals surface area contributed by atoms with Gasteiger partial charge in [-0.2, -0.15) is 13.2 Å². The van der Waals surface area contributed by atoms with E-state index in [0.717, 1.165) is 6.07 Å². The minimum atomic E-state index is -4.70. The molecule has 0 atom stereocenters. The number of nitrogens with zero attached hydrogens (tertiary/aromatic N) is 2. The van der Waals surface area contributed by atoms with Gasteiger partial charge in [0.1, 0.15) is 17.2 Å². The number of hydrogen-bond donors (Lipinski definition) is 0. The zero-order valence-electron chi connectivity index (χ0n) is 16.8. The van der Waals surface area contributed by atoms with Crippen molar-refractivity contribution in [3.8, 4) is 45.5 Å². The van der Waals surface area contributed by atoms with Crippen molar-refractivity contribution in [3.63, 3.8) is 0 Å². The van der Waals surface area contributed by atoms with Crippen LogP contribution in [-0.2, 0) is 6.18 Å². The molecule has 1 aliphatic heterocycles. The number of fused-ring (bicyclic) bond motifs is 2. The predicted molar refractivity (Wildman–Crippen MR) is 107 cm³/mol. The van der Waals surface area contributed by atoms with Gasteiger partial charge in [-0.1, -0.05) is 5.16 Å². The molecule has 0 aliphatic carbocycles. The molecule has 2 aromatic carbocycles. The summed E-state index contributed by atoms with van der Waals surface area (Å²) in [4.78, 5) is 4.30. The molecule has 0 saturated carbocycles. The molecule has 7 nitrogen and oxygen atoms in total. The Labute approximate surface area is 179 Å². The number of alkyl halides is 3. The van der Waals surface area contributed by atoms with E-state index in [1.165, 1.54) is 14.2 Å². The van der Waals surface area contributed by atoms with Crippen molar-refractivity contribution in [3.05, 3.63) is 48.0 Å². The predicted octanol–water partition coefficient (Wildman–Crippen LogP) is 5.32. The van der Waals surface area contributed by atoms with E-state index in [9.17, 15) is 13.2 Å². The van der Waals surface area contributed by atoms with Crippen LogP contribution >= 0.6 is 0 Å². The number of ether oxygens (including phenoxy) is 4. The SMILES string of the molecule is COc1ccc(OC)c(-c2cc(C(F)(F)F)c3c(-c4ccc5c(c4)OCO5)noc3n2)c1. The zero-order chi connectivity index (χ0) is 22.5. The third kappa shape index (κ3) is 3.24. The van der Waals surface area contributed by atoms with Gasteiger partial charge >= 0.3 is 6.18 Å². The van der Waals surface area contributed by atoms with Gasteiger partial charge in [-0.05, 0) is 42.5 Å². The Balaban J connectivity index is 1.74. The second-order valence-electron chi connectivity index (χ2n) is 6.90. The highest BCUT2D eigenvalue weighted by Crippen LogP contribution is 2.44. The highest BCUT2D eigenvalue weighted by atomic mass is 19.4. The minimum Gasteiger partial charge on any atom is -0.497 e. The molecule has 0 bridgehead atoms. The summed E-state index contributed by atoms with van der Waals surface area (Å²) in [6, 6.07) is 10.5. The summed E-state index contributed by atoms with van der Waals surface area (Å²) in [5, 5.41) is 3.64. The van der Waals surface area contributed by atoms with Gasteiger partial charge in [-0.25, -0.2) is 4.98 Å². The van der Waals surface area contributed by atoms with Gasteiger partial charge in [0.25, 0.3) is 5.71 Å². The van der Waals surface area contributed by atoms with Crippen LogP contribution < -0.4 is 18.9 Å². The fourth-order valence-corrected chi connectivity index (χ4v) is 3.57. The molecule has 3 heterocycles. The topological polar surface area (TPSA) is 75.8 Å². The van der Waals surface area contributed by atoms with Gasteiger partial charge in [-0.15, -0.1) is 0 Å². The summed E-state index contributed by atoms with van der Waals surface area (Å²) in [7, 11) is 2.87. The number of halogens is 3. The lowest BCUT2D eigenvalue weighted by molar-refractivity contribution is -0.136. The average molecular weight is 444 g/mol. The quantitative estimate of drug-likeness (QED) is 0.422. The lowest BCUT2D eigenvalue weighted by atomic mass is 10.0. The molecule has 0 amide bonds. The van der Waals surface area contributed by atoms with Crippen molar-refractivity contribution in [2.75, 3.05) is 21.0 Å². The fraction of sp³-hybridized carbons (Fsp3) is 0.182. The third-order valence-corrected chi connectivity index (χ3v) is 5.08. The molecule has 164 valence electrons. The molecule has 0 fully saturated rings. The van der Waals surface area contributed by atoms with E-state index in [1.807, 2.05) is 0 Å². The molecule has 5 rings (SSSR count). The third-order valence-electron chi connectivity index (χ3n) is 5.08. The summed E-state index contributed by atoms with van der Waals surface area (Å²) in [5.41, 5.74) is -0.479. The lowest BCUT2D eigenvalue weighted by Gasteiger charge is -2.13. The maximum atomic E-state index is 14.1. The molecule has 32 heavy (non-hydrogen) atoms. The normalized spacial score (nSPS) is 12.9. The maximum absolute atomic E-state index is 14.1. The molecular formula is C22H15F3N2O5. The van der Waals surface area contributed by atoms with Gasteiger partial charge in [0.05, 0.1) is 30.9 Å². The first kappa shape index (κ1) is 20.0. The van der Waals surface area contributed by atoms with Crippen LogP contribution in [-0.4, -0.2) is 31.2 Å². The number of hydrogen-bond acceptors (Lipinski definition) is 7.